The Hall–Kier alpha value is -3.02. The summed E-state index contributed by atoms with van der Waals surface area (Å²) < 4.78 is 5.10. The smallest absolute Gasteiger partial charge is 0.246 e. The van der Waals surface area contributed by atoms with Crippen LogP contribution in [0.3, 0.4) is 0 Å². The minimum absolute atomic E-state index is 0.0814. The summed E-state index contributed by atoms with van der Waals surface area (Å²) in [5.41, 5.74) is 2.29. The van der Waals surface area contributed by atoms with Gasteiger partial charge in [0.1, 0.15) is 11.8 Å². The van der Waals surface area contributed by atoms with Gasteiger partial charge in [-0.25, -0.2) is 0 Å². The van der Waals surface area contributed by atoms with Gasteiger partial charge in [-0.1, -0.05) is 0 Å². The fourth-order valence-electron chi connectivity index (χ4n) is 2.48. The Labute approximate surface area is 152 Å². The van der Waals surface area contributed by atoms with Crippen molar-refractivity contribution >= 4 is 28.9 Å². The highest BCUT2D eigenvalue weighted by Crippen LogP contribution is 2.30. The summed E-state index contributed by atoms with van der Waals surface area (Å²) in [6.07, 6.45) is 1.96. The molecule has 1 aliphatic carbocycles. The van der Waals surface area contributed by atoms with Crippen molar-refractivity contribution < 1.29 is 14.3 Å². The lowest BCUT2D eigenvalue weighted by molar-refractivity contribution is -0.117. The first-order valence-corrected chi connectivity index (χ1v) is 8.67. The molecule has 2 amide bonds. The zero-order valence-electron chi connectivity index (χ0n) is 14.9. The average molecular weight is 353 g/mol. The lowest BCUT2D eigenvalue weighted by atomic mass is 10.2. The molecule has 1 atom stereocenters. The van der Waals surface area contributed by atoms with Crippen LogP contribution in [0.5, 0.6) is 5.75 Å². The number of carbonyl (C=O) groups is 2. The standard InChI is InChI=1S/C20H23N3O3/c1-13(19(24)22-17-9-11-18(26-2)12-10-17)21-15-5-7-16(8-6-15)23-20(25)14-3-4-14/h5-14,21H,3-4H2,1-2H3,(H,22,24)(H,23,25). The largest absolute Gasteiger partial charge is 0.497 e. The number of amides is 2. The van der Waals surface area contributed by atoms with E-state index in [0.717, 1.165) is 30.0 Å². The minimum Gasteiger partial charge on any atom is -0.497 e. The van der Waals surface area contributed by atoms with E-state index in [4.69, 9.17) is 4.74 Å². The molecule has 0 spiro atoms. The molecule has 3 N–H and O–H groups in total. The van der Waals surface area contributed by atoms with Gasteiger partial charge in [0.25, 0.3) is 0 Å². The third-order valence-corrected chi connectivity index (χ3v) is 4.23. The van der Waals surface area contributed by atoms with Crippen LogP contribution < -0.4 is 20.7 Å². The first-order chi connectivity index (χ1) is 12.5. The Morgan fingerprint density at radius 3 is 2.04 bits per heavy atom. The lowest BCUT2D eigenvalue weighted by Crippen LogP contribution is -2.31. The molecule has 26 heavy (non-hydrogen) atoms. The molecule has 6 heteroatoms. The van der Waals surface area contributed by atoms with Crippen LogP contribution in [-0.4, -0.2) is 25.0 Å². The number of ether oxygens (including phenoxy) is 1. The number of rotatable bonds is 7. The van der Waals surface area contributed by atoms with E-state index in [1.165, 1.54) is 0 Å². The van der Waals surface area contributed by atoms with Gasteiger partial charge in [-0.05, 0) is 68.3 Å². The van der Waals surface area contributed by atoms with E-state index in [1.807, 2.05) is 24.3 Å². The molecule has 2 aromatic rings. The second-order valence-corrected chi connectivity index (χ2v) is 6.42. The summed E-state index contributed by atoms with van der Waals surface area (Å²) in [6, 6.07) is 14.1. The van der Waals surface area contributed by atoms with E-state index in [-0.39, 0.29) is 17.7 Å². The predicted molar refractivity (Wildman–Crippen MR) is 103 cm³/mol. The topological polar surface area (TPSA) is 79.5 Å². The van der Waals surface area contributed by atoms with Gasteiger partial charge in [0.05, 0.1) is 7.11 Å². The first kappa shape index (κ1) is 17.8. The van der Waals surface area contributed by atoms with E-state index in [1.54, 1.807) is 38.3 Å². The van der Waals surface area contributed by atoms with Gasteiger partial charge in [0.15, 0.2) is 0 Å². The highest BCUT2D eigenvalue weighted by Gasteiger charge is 2.29. The molecule has 0 aliphatic heterocycles. The highest BCUT2D eigenvalue weighted by molar-refractivity contribution is 5.96. The van der Waals surface area contributed by atoms with Crippen molar-refractivity contribution in [2.75, 3.05) is 23.1 Å². The molecule has 1 unspecified atom stereocenters. The summed E-state index contributed by atoms with van der Waals surface area (Å²) in [6.45, 7) is 1.79. The zero-order valence-corrected chi connectivity index (χ0v) is 14.9. The summed E-state index contributed by atoms with van der Waals surface area (Å²) in [5.74, 6) is 0.858. The van der Waals surface area contributed by atoms with E-state index in [9.17, 15) is 9.59 Å². The molecule has 136 valence electrons. The van der Waals surface area contributed by atoms with E-state index < -0.39 is 6.04 Å². The molecule has 3 rings (SSSR count). The van der Waals surface area contributed by atoms with Gasteiger partial charge < -0.3 is 20.7 Å². The van der Waals surface area contributed by atoms with Gasteiger partial charge in [0, 0.05) is 23.0 Å². The molecule has 0 aromatic heterocycles. The Morgan fingerprint density at radius 2 is 1.46 bits per heavy atom. The summed E-state index contributed by atoms with van der Waals surface area (Å²) >= 11 is 0. The second kappa shape index (κ2) is 7.91. The van der Waals surface area contributed by atoms with Crippen LogP contribution >= 0.6 is 0 Å². The van der Waals surface area contributed by atoms with Gasteiger partial charge in [0.2, 0.25) is 11.8 Å². The molecule has 6 nitrogen and oxygen atoms in total. The second-order valence-electron chi connectivity index (χ2n) is 6.42. The SMILES string of the molecule is COc1ccc(NC(=O)C(C)Nc2ccc(NC(=O)C3CC3)cc2)cc1. The van der Waals surface area contributed by atoms with Crippen molar-refractivity contribution in [3.63, 3.8) is 0 Å². The maximum Gasteiger partial charge on any atom is 0.246 e. The quantitative estimate of drug-likeness (QED) is 0.712. The number of hydrogen-bond donors (Lipinski definition) is 3. The van der Waals surface area contributed by atoms with Gasteiger partial charge >= 0.3 is 0 Å². The van der Waals surface area contributed by atoms with E-state index in [0.29, 0.717) is 5.69 Å². The molecule has 0 heterocycles. The number of benzene rings is 2. The van der Waals surface area contributed by atoms with Crippen molar-refractivity contribution in [2.45, 2.75) is 25.8 Å². The number of anilines is 3. The Kier molecular flexibility index (Phi) is 5.41. The van der Waals surface area contributed by atoms with Gasteiger partial charge in [-0.2, -0.15) is 0 Å². The average Bonchev–Trinajstić information content (AvgIpc) is 3.49. The van der Waals surface area contributed by atoms with E-state index >= 15 is 0 Å². The summed E-state index contributed by atoms with van der Waals surface area (Å²) in [7, 11) is 1.60. The molecule has 0 bridgehead atoms. The fraction of sp³-hybridized carbons (Fsp3) is 0.300. The van der Waals surface area contributed by atoms with Crippen molar-refractivity contribution in [3.8, 4) is 5.75 Å². The lowest BCUT2D eigenvalue weighted by Gasteiger charge is -2.16. The van der Waals surface area contributed by atoms with Crippen molar-refractivity contribution in [1.82, 2.24) is 0 Å². The third kappa shape index (κ3) is 4.75. The molecule has 1 fully saturated rings. The number of hydrogen-bond acceptors (Lipinski definition) is 4. The molecule has 2 aromatic carbocycles. The monoisotopic (exact) mass is 353 g/mol. The van der Waals surface area contributed by atoms with Crippen LogP contribution in [-0.2, 0) is 9.59 Å². The fourth-order valence-corrected chi connectivity index (χ4v) is 2.48. The Bertz CT molecular complexity index is 768. The van der Waals surface area contributed by atoms with Crippen molar-refractivity contribution in [1.29, 1.82) is 0 Å². The maximum absolute atomic E-state index is 12.3. The van der Waals surface area contributed by atoms with Crippen LogP contribution in [0.15, 0.2) is 48.5 Å². The van der Waals surface area contributed by atoms with Crippen LogP contribution in [0.1, 0.15) is 19.8 Å². The summed E-state index contributed by atoms with van der Waals surface area (Å²) in [5, 5.41) is 8.90. The number of nitrogens with one attached hydrogen (secondary N) is 3. The maximum atomic E-state index is 12.3. The Balaban J connectivity index is 1.51. The molecule has 0 radical (unpaired) electrons. The number of carbonyl (C=O) groups excluding carboxylic acids is 2. The molecular formula is C20H23N3O3. The van der Waals surface area contributed by atoms with E-state index in [2.05, 4.69) is 16.0 Å². The third-order valence-electron chi connectivity index (χ3n) is 4.23. The minimum atomic E-state index is -0.413. The van der Waals surface area contributed by atoms with Gasteiger partial charge in [-0.3, -0.25) is 9.59 Å². The molecule has 0 saturated heterocycles. The van der Waals surface area contributed by atoms with Crippen LogP contribution in [0, 0.1) is 5.92 Å². The Morgan fingerprint density at radius 1 is 0.923 bits per heavy atom. The predicted octanol–water partition coefficient (Wildman–Crippen LogP) is 3.48. The van der Waals surface area contributed by atoms with Crippen LogP contribution in [0.25, 0.3) is 0 Å². The molecular weight excluding hydrogens is 330 g/mol. The zero-order chi connectivity index (χ0) is 18.5. The van der Waals surface area contributed by atoms with Gasteiger partial charge in [-0.15, -0.1) is 0 Å². The first-order valence-electron chi connectivity index (χ1n) is 8.67. The van der Waals surface area contributed by atoms with Crippen LogP contribution in [0.4, 0.5) is 17.1 Å². The molecule has 1 saturated carbocycles. The van der Waals surface area contributed by atoms with Crippen molar-refractivity contribution in [3.05, 3.63) is 48.5 Å². The summed E-state index contributed by atoms with van der Waals surface area (Å²) in [4.78, 5) is 24.1. The normalized spacial score (nSPS) is 14.2. The van der Waals surface area contributed by atoms with Crippen LogP contribution in [0.2, 0.25) is 0 Å². The molecule has 1 aliphatic rings. The van der Waals surface area contributed by atoms with Crippen molar-refractivity contribution in [2.24, 2.45) is 5.92 Å². The number of methoxy groups -OCH3 is 1. The highest BCUT2D eigenvalue weighted by atomic mass is 16.5.